The first kappa shape index (κ1) is 11.9. The van der Waals surface area contributed by atoms with Crippen molar-refractivity contribution in [2.24, 2.45) is 11.8 Å². The number of hydrogen-bond acceptors (Lipinski definition) is 3. The Kier molecular flexibility index (Phi) is 3.50. The summed E-state index contributed by atoms with van der Waals surface area (Å²) in [5, 5.41) is 12.4. The SMILES string of the molecule is CC(CO)N(C)C(=O)C1NCC2CCCC21. The molecule has 0 aromatic rings. The molecule has 0 aromatic heterocycles. The Bertz CT molecular complexity index is 270. The van der Waals surface area contributed by atoms with Crippen molar-refractivity contribution in [1.29, 1.82) is 0 Å². The summed E-state index contributed by atoms with van der Waals surface area (Å²) in [6.45, 7) is 2.89. The highest BCUT2D eigenvalue weighted by molar-refractivity contribution is 5.82. The number of carbonyl (C=O) groups is 1. The molecule has 4 nitrogen and oxygen atoms in total. The Hall–Kier alpha value is -0.610. The molecule has 1 aliphatic heterocycles. The van der Waals surface area contributed by atoms with E-state index < -0.39 is 0 Å². The minimum Gasteiger partial charge on any atom is -0.394 e. The molecule has 2 fully saturated rings. The molecule has 1 aliphatic carbocycles. The zero-order valence-corrected chi connectivity index (χ0v) is 10.1. The standard InChI is InChI=1S/C12H22N2O2/c1-8(7-15)14(2)12(16)11-10-5-3-4-9(10)6-13-11/h8-11,13,15H,3-7H2,1-2H3. The molecule has 92 valence electrons. The van der Waals surface area contributed by atoms with Crippen LogP contribution >= 0.6 is 0 Å². The van der Waals surface area contributed by atoms with E-state index >= 15 is 0 Å². The summed E-state index contributed by atoms with van der Waals surface area (Å²) in [6, 6.07) is -0.0961. The van der Waals surface area contributed by atoms with Crippen LogP contribution in [0, 0.1) is 11.8 Å². The number of aliphatic hydroxyl groups excluding tert-OH is 1. The van der Waals surface area contributed by atoms with E-state index in [0.717, 1.165) is 6.54 Å². The van der Waals surface area contributed by atoms with Crippen molar-refractivity contribution in [3.05, 3.63) is 0 Å². The van der Waals surface area contributed by atoms with Crippen LogP contribution < -0.4 is 5.32 Å². The second-order valence-corrected chi connectivity index (χ2v) is 5.22. The molecule has 0 aromatic carbocycles. The van der Waals surface area contributed by atoms with Gasteiger partial charge in [-0.15, -0.1) is 0 Å². The smallest absolute Gasteiger partial charge is 0.240 e. The van der Waals surface area contributed by atoms with Gasteiger partial charge in [0.1, 0.15) is 0 Å². The summed E-state index contributed by atoms with van der Waals surface area (Å²) in [5.41, 5.74) is 0. The molecule has 0 radical (unpaired) electrons. The lowest BCUT2D eigenvalue weighted by molar-refractivity contribution is -0.135. The van der Waals surface area contributed by atoms with Gasteiger partial charge in [0.15, 0.2) is 0 Å². The van der Waals surface area contributed by atoms with Crippen molar-refractivity contribution in [2.75, 3.05) is 20.2 Å². The fourth-order valence-electron chi connectivity index (χ4n) is 3.02. The third kappa shape index (κ3) is 1.96. The number of aliphatic hydroxyl groups is 1. The molecular weight excluding hydrogens is 204 g/mol. The minimum atomic E-state index is -0.0882. The Labute approximate surface area is 97.0 Å². The van der Waals surface area contributed by atoms with Gasteiger partial charge in [-0.25, -0.2) is 0 Å². The first-order chi connectivity index (χ1) is 7.65. The first-order valence-electron chi connectivity index (χ1n) is 6.26. The van der Waals surface area contributed by atoms with E-state index in [1.54, 1.807) is 11.9 Å². The van der Waals surface area contributed by atoms with Crippen LogP contribution in [-0.2, 0) is 4.79 Å². The average Bonchev–Trinajstić information content (AvgIpc) is 2.87. The van der Waals surface area contributed by atoms with Crippen LogP contribution in [0.3, 0.4) is 0 Å². The Morgan fingerprint density at radius 2 is 2.31 bits per heavy atom. The number of nitrogens with zero attached hydrogens (tertiary/aromatic N) is 1. The number of nitrogens with one attached hydrogen (secondary N) is 1. The van der Waals surface area contributed by atoms with Gasteiger partial charge in [0.2, 0.25) is 5.91 Å². The Balaban J connectivity index is 1.99. The molecule has 0 bridgehead atoms. The van der Waals surface area contributed by atoms with Crippen LogP contribution in [0.5, 0.6) is 0 Å². The van der Waals surface area contributed by atoms with E-state index in [1.807, 2.05) is 6.92 Å². The van der Waals surface area contributed by atoms with Crippen LogP contribution in [0.15, 0.2) is 0 Å². The van der Waals surface area contributed by atoms with Crippen molar-refractivity contribution >= 4 is 5.91 Å². The van der Waals surface area contributed by atoms with E-state index in [0.29, 0.717) is 11.8 Å². The van der Waals surface area contributed by atoms with Crippen molar-refractivity contribution < 1.29 is 9.90 Å². The average molecular weight is 226 g/mol. The molecule has 2 rings (SSSR count). The van der Waals surface area contributed by atoms with Gasteiger partial charge < -0.3 is 15.3 Å². The zero-order chi connectivity index (χ0) is 11.7. The summed E-state index contributed by atoms with van der Waals surface area (Å²) in [4.78, 5) is 13.9. The van der Waals surface area contributed by atoms with E-state index in [2.05, 4.69) is 5.32 Å². The van der Waals surface area contributed by atoms with Crippen molar-refractivity contribution in [3.63, 3.8) is 0 Å². The number of rotatable bonds is 3. The quantitative estimate of drug-likeness (QED) is 0.723. The van der Waals surface area contributed by atoms with Gasteiger partial charge in [-0.3, -0.25) is 4.79 Å². The van der Waals surface area contributed by atoms with Gasteiger partial charge in [0, 0.05) is 7.05 Å². The number of amides is 1. The third-order valence-electron chi connectivity index (χ3n) is 4.29. The van der Waals surface area contributed by atoms with E-state index in [4.69, 9.17) is 5.11 Å². The molecule has 2 aliphatic rings. The van der Waals surface area contributed by atoms with Crippen LogP contribution in [0.1, 0.15) is 26.2 Å². The lowest BCUT2D eigenvalue weighted by atomic mass is 9.93. The van der Waals surface area contributed by atoms with Gasteiger partial charge in [0.05, 0.1) is 18.7 Å². The number of fused-ring (bicyclic) bond motifs is 1. The number of hydrogen-bond donors (Lipinski definition) is 2. The first-order valence-corrected chi connectivity index (χ1v) is 6.26. The van der Waals surface area contributed by atoms with E-state index in [-0.39, 0.29) is 24.6 Å². The predicted molar refractivity (Wildman–Crippen MR) is 61.9 cm³/mol. The monoisotopic (exact) mass is 226 g/mol. The maximum atomic E-state index is 12.2. The number of carbonyl (C=O) groups excluding carboxylic acids is 1. The predicted octanol–water partition coefficient (Wildman–Crippen LogP) is 0.214. The highest BCUT2D eigenvalue weighted by Gasteiger charge is 2.43. The third-order valence-corrected chi connectivity index (χ3v) is 4.29. The molecular formula is C12H22N2O2. The second kappa shape index (κ2) is 4.72. The summed E-state index contributed by atoms with van der Waals surface area (Å²) in [7, 11) is 1.78. The van der Waals surface area contributed by atoms with E-state index in [1.165, 1.54) is 19.3 Å². The van der Waals surface area contributed by atoms with Crippen LogP contribution in [-0.4, -0.2) is 48.2 Å². The Morgan fingerprint density at radius 3 is 3.00 bits per heavy atom. The summed E-state index contributed by atoms with van der Waals surface area (Å²) in [6.07, 6.45) is 3.70. The minimum absolute atomic E-state index is 0.00787. The summed E-state index contributed by atoms with van der Waals surface area (Å²) < 4.78 is 0. The summed E-state index contributed by atoms with van der Waals surface area (Å²) >= 11 is 0. The van der Waals surface area contributed by atoms with Crippen LogP contribution in [0.25, 0.3) is 0 Å². The van der Waals surface area contributed by atoms with Crippen molar-refractivity contribution in [1.82, 2.24) is 10.2 Å². The lowest BCUT2D eigenvalue weighted by Crippen LogP contribution is -2.48. The molecule has 4 atom stereocenters. The molecule has 4 heteroatoms. The molecule has 1 saturated heterocycles. The van der Waals surface area contributed by atoms with Crippen LogP contribution in [0.4, 0.5) is 0 Å². The fraction of sp³-hybridized carbons (Fsp3) is 0.917. The molecule has 16 heavy (non-hydrogen) atoms. The molecule has 1 amide bonds. The van der Waals surface area contributed by atoms with Gasteiger partial charge in [-0.05, 0) is 38.1 Å². The van der Waals surface area contributed by atoms with Gasteiger partial charge in [0.25, 0.3) is 0 Å². The van der Waals surface area contributed by atoms with Gasteiger partial charge in [-0.1, -0.05) is 6.42 Å². The summed E-state index contributed by atoms with van der Waals surface area (Å²) in [5.74, 6) is 1.38. The van der Waals surface area contributed by atoms with Gasteiger partial charge >= 0.3 is 0 Å². The van der Waals surface area contributed by atoms with Crippen LogP contribution in [0.2, 0.25) is 0 Å². The molecule has 1 heterocycles. The molecule has 4 unspecified atom stereocenters. The fourth-order valence-corrected chi connectivity index (χ4v) is 3.02. The largest absolute Gasteiger partial charge is 0.394 e. The normalized spacial score (nSPS) is 34.8. The Morgan fingerprint density at radius 1 is 1.56 bits per heavy atom. The highest BCUT2D eigenvalue weighted by atomic mass is 16.3. The molecule has 1 saturated carbocycles. The van der Waals surface area contributed by atoms with Crippen molar-refractivity contribution in [3.8, 4) is 0 Å². The number of likely N-dealkylation sites (N-methyl/N-ethyl adjacent to an activating group) is 1. The highest BCUT2D eigenvalue weighted by Crippen LogP contribution is 2.38. The molecule has 2 N–H and O–H groups in total. The second-order valence-electron chi connectivity index (χ2n) is 5.22. The van der Waals surface area contributed by atoms with Gasteiger partial charge in [-0.2, -0.15) is 0 Å². The topological polar surface area (TPSA) is 52.6 Å². The molecule has 0 spiro atoms. The maximum Gasteiger partial charge on any atom is 0.240 e. The lowest BCUT2D eigenvalue weighted by Gasteiger charge is -2.28. The maximum absolute atomic E-state index is 12.2. The van der Waals surface area contributed by atoms with Crippen molar-refractivity contribution in [2.45, 2.75) is 38.3 Å². The zero-order valence-electron chi connectivity index (χ0n) is 10.1. The van der Waals surface area contributed by atoms with E-state index in [9.17, 15) is 4.79 Å².